The summed E-state index contributed by atoms with van der Waals surface area (Å²) in [5.74, 6) is -0.533. The number of nitrogens with one attached hydrogen (secondary N) is 2. The van der Waals surface area contributed by atoms with Gasteiger partial charge in [-0.2, -0.15) is 0 Å². The molecule has 0 aliphatic heterocycles. The molecule has 4 saturated carbocycles. The maximum Gasteiger partial charge on any atom is 0.333 e. The molecule has 5 rings (SSSR count). The summed E-state index contributed by atoms with van der Waals surface area (Å²) in [7, 11) is -4.24. The van der Waals surface area contributed by atoms with Crippen LogP contribution in [-0.4, -0.2) is 45.9 Å². The van der Waals surface area contributed by atoms with Gasteiger partial charge >= 0.3 is 7.60 Å². The molecule has 4 aliphatic carbocycles. The Labute approximate surface area is 237 Å². The van der Waals surface area contributed by atoms with E-state index >= 15 is 0 Å². The highest BCUT2D eigenvalue weighted by atomic mass is 31.2. The number of benzene rings is 1. The Hall–Kier alpha value is -1.04. The number of Topliss-reactive ketones (excluding diaryl/α,β-unsaturated/α-hetero) is 1. The van der Waals surface area contributed by atoms with Crippen LogP contribution >= 0.6 is 7.60 Å². The van der Waals surface area contributed by atoms with E-state index in [0.29, 0.717) is 5.56 Å². The molecule has 0 spiro atoms. The van der Waals surface area contributed by atoms with Crippen LogP contribution in [0.3, 0.4) is 0 Å². The zero-order chi connectivity index (χ0) is 27.8. The fourth-order valence-corrected chi connectivity index (χ4v) is 7.20. The molecule has 0 saturated heterocycles. The normalized spacial score (nSPS) is 22.2. The second kappa shape index (κ2) is 18.4. The molecule has 0 atom stereocenters. The van der Waals surface area contributed by atoms with E-state index < -0.39 is 19.5 Å². The molecule has 222 valence electrons. The van der Waals surface area contributed by atoms with Crippen LogP contribution in [0.15, 0.2) is 30.3 Å². The number of ketones is 1. The van der Waals surface area contributed by atoms with E-state index in [2.05, 4.69) is 10.6 Å². The fourth-order valence-electron chi connectivity index (χ4n) is 6.65. The van der Waals surface area contributed by atoms with Crippen molar-refractivity contribution in [3.63, 3.8) is 0 Å². The van der Waals surface area contributed by atoms with E-state index in [1.54, 1.807) is 18.2 Å². The van der Waals surface area contributed by atoms with Gasteiger partial charge in [-0.15, -0.1) is 0 Å². The lowest BCUT2D eigenvalue weighted by Crippen LogP contribution is -2.40. The molecule has 6 nitrogen and oxygen atoms in total. The van der Waals surface area contributed by atoms with Crippen LogP contribution in [0.2, 0.25) is 0 Å². The molecule has 1 aromatic carbocycles. The van der Waals surface area contributed by atoms with Gasteiger partial charge in [-0.3, -0.25) is 9.36 Å². The third kappa shape index (κ3) is 14.4. The molecule has 0 bridgehead atoms. The van der Waals surface area contributed by atoms with E-state index in [1.807, 2.05) is 0 Å². The van der Waals surface area contributed by atoms with Crippen molar-refractivity contribution in [1.29, 1.82) is 0 Å². The van der Waals surface area contributed by atoms with Gasteiger partial charge in [0.25, 0.3) is 0 Å². The second-order valence-corrected chi connectivity index (χ2v) is 13.9. The summed E-state index contributed by atoms with van der Waals surface area (Å²) in [5.41, 5.74) is 0.325. The van der Waals surface area contributed by atoms with E-state index in [9.17, 15) is 9.36 Å². The van der Waals surface area contributed by atoms with Crippen molar-refractivity contribution in [2.24, 2.45) is 0 Å². The Morgan fingerprint density at radius 1 is 0.590 bits per heavy atom. The number of carbonyl (C=O) groups excluding carboxylic acids is 1. The Kier molecular flexibility index (Phi) is 15.3. The van der Waals surface area contributed by atoms with Gasteiger partial charge in [0.2, 0.25) is 0 Å². The Bertz CT molecular complexity index is 756. The van der Waals surface area contributed by atoms with Crippen LogP contribution in [0.1, 0.15) is 139 Å². The number of hydrogen-bond acceptors (Lipinski definition) is 4. The maximum absolute atomic E-state index is 11.2. The summed E-state index contributed by atoms with van der Waals surface area (Å²) in [6.45, 7) is 0. The van der Waals surface area contributed by atoms with Gasteiger partial charge in [-0.1, -0.05) is 107 Å². The first-order valence-corrected chi connectivity index (χ1v) is 17.8. The zero-order valence-corrected chi connectivity index (χ0v) is 25.1. The largest absolute Gasteiger partial charge is 0.333 e. The minimum Gasteiger partial charge on any atom is -0.324 e. The van der Waals surface area contributed by atoms with E-state index in [0.717, 1.165) is 24.2 Å². The van der Waals surface area contributed by atoms with Gasteiger partial charge in [0.1, 0.15) is 6.16 Å². The van der Waals surface area contributed by atoms with Crippen LogP contribution in [0, 0.1) is 0 Å². The van der Waals surface area contributed by atoms with Crippen LogP contribution in [0.5, 0.6) is 0 Å². The van der Waals surface area contributed by atoms with Gasteiger partial charge in [0.15, 0.2) is 5.78 Å². The molecular formula is C32H55N2O4P. The van der Waals surface area contributed by atoms with Gasteiger partial charge in [0, 0.05) is 29.7 Å². The fraction of sp³-hybridized carbons (Fsp3) is 0.781. The number of carbonyl (C=O) groups is 1. The molecule has 0 unspecified atom stereocenters. The van der Waals surface area contributed by atoms with Gasteiger partial charge in [0.05, 0.1) is 0 Å². The summed E-state index contributed by atoms with van der Waals surface area (Å²) < 4.78 is 10.5. The third-order valence-corrected chi connectivity index (χ3v) is 9.51. The van der Waals surface area contributed by atoms with Crippen molar-refractivity contribution >= 4 is 13.4 Å². The molecule has 0 radical (unpaired) electrons. The first kappa shape index (κ1) is 32.5. The zero-order valence-electron chi connectivity index (χ0n) is 24.2. The predicted octanol–water partition coefficient (Wildman–Crippen LogP) is 7.53. The van der Waals surface area contributed by atoms with Crippen LogP contribution in [0.25, 0.3) is 0 Å². The third-order valence-electron chi connectivity index (χ3n) is 8.81. The highest BCUT2D eigenvalue weighted by Crippen LogP contribution is 2.34. The standard InChI is InChI=1S/2C12H23N.C8H9O4P/c2*1-3-7-11(8-4-1)13-12-9-5-2-6-10-12;9-8(6-13(10,11)12)7-4-2-1-3-5-7/h2*11-13H,1-10H2;1-5H,6H2,(H2,10,11,12). The molecular weight excluding hydrogens is 507 g/mol. The molecule has 4 fully saturated rings. The molecule has 0 aromatic heterocycles. The molecule has 4 N–H and O–H groups in total. The quantitative estimate of drug-likeness (QED) is 0.203. The highest BCUT2D eigenvalue weighted by molar-refractivity contribution is 7.52. The first-order chi connectivity index (χ1) is 18.9. The first-order valence-electron chi connectivity index (χ1n) is 16.0. The van der Waals surface area contributed by atoms with E-state index in [-0.39, 0.29) is 0 Å². The Morgan fingerprint density at radius 2 is 0.897 bits per heavy atom. The molecule has 7 heteroatoms. The summed E-state index contributed by atoms with van der Waals surface area (Å²) in [4.78, 5) is 28.2. The lowest BCUT2D eigenvalue weighted by atomic mass is 9.91. The molecule has 4 aliphatic rings. The van der Waals surface area contributed by atoms with Crippen LogP contribution in [0.4, 0.5) is 0 Å². The van der Waals surface area contributed by atoms with E-state index in [1.165, 1.54) is 141 Å². The Morgan fingerprint density at radius 3 is 1.18 bits per heavy atom. The summed E-state index contributed by atoms with van der Waals surface area (Å²) in [6, 6.07) is 11.6. The van der Waals surface area contributed by atoms with Crippen molar-refractivity contribution in [2.45, 2.75) is 153 Å². The lowest BCUT2D eigenvalue weighted by Gasteiger charge is -2.30. The monoisotopic (exact) mass is 562 g/mol. The van der Waals surface area contributed by atoms with Crippen molar-refractivity contribution in [3.05, 3.63) is 35.9 Å². The second-order valence-electron chi connectivity index (χ2n) is 12.3. The van der Waals surface area contributed by atoms with Gasteiger partial charge in [-0.25, -0.2) is 0 Å². The SMILES string of the molecule is C1CCC(NC2CCCCC2)CC1.C1CCC(NC2CCCCC2)CC1.O=C(CP(=O)(O)O)c1ccccc1. The van der Waals surface area contributed by atoms with Crippen LogP contribution < -0.4 is 10.6 Å². The average Bonchev–Trinajstić information content (AvgIpc) is 2.96. The van der Waals surface area contributed by atoms with Crippen molar-refractivity contribution < 1.29 is 19.1 Å². The predicted molar refractivity (Wildman–Crippen MR) is 161 cm³/mol. The maximum atomic E-state index is 11.2. The lowest BCUT2D eigenvalue weighted by molar-refractivity contribution is 0.101. The number of rotatable bonds is 7. The van der Waals surface area contributed by atoms with E-state index in [4.69, 9.17) is 9.79 Å². The highest BCUT2D eigenvalue weighted by Gasteiger charge is 2.21. The minimum atomic E-state index is -4.24. The van der Waals surface area contributed by atoms with Gasteiger partial charge < -0.3 is 20.4 Å². The number of hydrogen-bond donors (Lipinski definition) is 4. The molecule has 0 heterocycles. The minimum absolute atomic E-state index is 0.325. The molecule has 39 heavy (non-hydrogen) atoms. The van der Waals surface area contributed by atoms with Gasteiger partial charge in [-0.05, 0) is 51.4 Å². The Balaban J connectivity index is 0.000000162. The molecule has 0 amide bonds. The van der Waals surface area contributed by atoms with Crippen molar-refractivity contribution in [2.75, 3.05) is 6.16 Å². The van der Waals surface area contributed by atoms with Crippen molar-refractivity contribution in [3.8, 4) is 0 Å². The van der Waals surface area contributed by atoms with Crippen LogP contribution in [-0.2, 0) is 4.57 Å². The van der Waals surface area contributed by atoms with Crippen molar-refractivity contribution in [1.82, 2.24) is 10.6 Å². The summed E-state index contributed by atoms with van der Waals surface area (Å²) >= 11 is 0. The topological polar surface area (TPSA) is 98.7 Å². The molecule has 1 aromatic rings. The smallest absolute Gasteiger partial charge is 0.324 e. The summed E-state index contributed by atoms with van der Waals surface area (Å²) in [5, 5.41) is 7.72. The average molecular weight is 563 g/mol. The summed E-state index contributed by atoms with van der Waals surface area (Å²) in [6.07, 6.45) is 28.4.